The first-order valence-corrected chi connectivity index (χ1v) is 17.1. The highest BCUT2D eigenvalue weighted by Crippen LogP contribution is 2.46. The van der Waals surface area contributed by atoms with E-state index < -0.39 is 29.7 Å². The van der Waals surface area contributed by atoms with Crippen LogP contribution in [0, 0.1) is 0 Å². The molecular weight excluding hydrogens is 618 g/mol. The van der Waals surface area contributed by atoms with E-state index in [1.807, 2.05) is 54.6 Å². The molecule has 0 bridgehead atoms. The summed E-state index contributed by atoms with van der Waals surface area (Å²) < 4.78 is 16.4. The monoisotopic (exact) mass is 657 g/mol. The van der Waals surface area contributed by atoms with Gasteiger partial charge in [0.2, 0.25) is 5.91 Å². The number of nitrogens with one attached hydrogen (secondary N) is 2. The van der Waals surface area contributed by atoms with Gasteiger partial charge in [0.25, 0.3) is 0 Å². The second kappa shape index (κ2) is 14.5. The number of carbonyl (C=O) groups is 4. The molecule has 246 valence electrons. The van der Waals surface area contributed by atoms with Crippen molar-refractivity contribution in [3.63, 3.8) is 0 Å². The fraction of sp³-hybridized carbons (Fsp3) is 0.389. The molecule has 0 aromatic heterocycles. The Kier molecular flexibility index (Phi) is 10.0. The fourth-order valence-electron chi connectivity index (χ4n) is 6.77. The minimum Gasteiger partial charge on any atom is -0.464 e. The van der Waals surface area contributed by atoms with Crippen molar-refractivity contribution in [3.05, 3.63) is 95.6 Å². The third-order valence-electron chi connectivity index (χ3n) is 9.02. The molecule has 0 spiro atoms. The number of rotatable bonds is 12. The second-order valence-corrected chi connectivity index (χ2v) is 13.2. The number of amides is 3. The molecule has 2 fully saturated rings. The van der Waals surface area contributed by atoms with Crippen LogP contribution in [0.4, 0.5) is 9.59 Å². The normalized spacial score (nSPS) is 21.0. The maximum absolute atomic E-state index is 14.1. The highest BCUT2D eigenvalue weighted by Gasteiger charge is 2.58. The van der Waals surface area contributed by atoms with E-state index in [0.29, 0.717) is 38.0 Å². The van der Waals surface area contributed by atoms with Crippen molar-refractivity contribution in [2.75, 3.05) is 25.5 Å². The third-order valence-corrected chi connectivity index (χ3v) is 10.3. The number of fused-ring (bicyclic) bond motifs is 4. The van der Waals surface area contributed by atoms with Crippen molar-refractivity contribution in [1.29, 1.82) is 0 Å². The molecule has 6 rings (SSSR count). The Morgan fingerprint density at radius 3 is 2.26 bits per heavy atom. The molecule has 11 heteroatoms. The zero-order chi connectivity index (χ0) is 32.8. The summed E-state index contributed by atoms with van der Waals surface area (Å²) in [5.41, 5.74) is 4.08. The summed E-state index contributed by atoms with van der Waals surface area (Å²) >= 11 is 1.52. The largest absolute Gasteiger partial charge is 0.464 e. The average molecular weight is 658 g/mol. The molecule has 10 nitrogen and oxygen atoms in total. The van der Waals surface area contributed by atoms with Crippen LogP contribution in [0.2, 0.25) is 0 Å². The van der Waals surface area contributed by atoms with E-state index in [2.05, 4.69) is 34.9 Å². The van der Waals surface area contributed by atoms with Gasteiger partial charge in [-0.25, -0.2) is 14.4 Å². The summed E-state index contributed by atoms with van der Waals surface area (Å²) in [6.07, 6.45) is 0.543. The first-order chi connectivity index (χ1) is 22.9. The standard InChI is InChI=1S/C36H39N3O7S/c1-2-44-32(40)30-23-47-31-20-36(33(41)39(30)31,18-10-11-19-37-34(42)45-21-24-12-4-3-5-13-24)38-35(43)46-22-29-27-16-8-6-14-25(27)26-15-7-9-17-28(26)29/h3-9,12-17,29-31H,2,10-11,18-23H2,1H3,(H,37,42)(H,38,43). The number of ether oxygens (including phenoxy) is 3. The summed E-state index contributed by atoms with van der Waals surface area (Å²) in [6.45, 7) is 2.59. The van der Waals surface area contributed by atoms with Gasteiger partial charge in [0.1, 0.15) is 24.8 Å². The van der Waals surface area contributed by atoms with Crippen molar-refractivity contribution in [2.24, 2.45) is 0 Å². The molecular formula is C36H39N3O7S. The van der Waals surface area contributed by atoms with E-state index >= 15 is 0 Å². The van der Waals surface area contributed by atoms with Gasteiger partial charge in [0.15, 0.2) is 0 Å². The molecule has 0 saturated carbocycles. The van der Waals surface area contributed by atoms with Crippen LogP contribution in [0.5, 0.6) is 0 Å². The summed E-state index contributed by atoms with van der Waals surface area (Å²) in [5.74, 6) is -0.422. The predicted molar refractivity (Wildman–Crippen MR) is 178 cm³/mol. The molecule has 3 atom stereocenters. The number of hydrogen-bond donors (Lipinski definition) is 2. The lowest BCUT2D eigenvalue weighted by Gasteiger charge is -2.30. The summed E-state index contributed by atoms with van der Waals surface area (Å²) in [6, 6.07) is 24.9. The zero-order valence-electron chi connectivity index (χ0n) is 26.3. The van der Waals surface area contributed by atoms with E-state index in [4.69, 9.17) is 14.2 Å². The number of nitrogens with zero attached hydrogens (tertiary/aromatic N) is 1. The molecule has 2 N–H and O–H groups in total. The van der Waals surface area contributed by atoms with Gasteiger partial charge in [-0.15, -0.1) is 11.8 Å². The number of alkyl carbamates (subject to hydrolysis) is 2. The van der Waals surface area contributed by atoms with Crippen LogP contribution >= 0.6 is 11.8 Å². The molecule has 47 heavy (non-hydrogen) atoms. The van der Waals surface area contributed by atoms with E-state index in [1.165, 1.54) is 11.8 Å². The van der Waals surface area contributed by atoms with Crippen molar-refractivity contribution in [1.82, 2.24) is 15.5 Å². The second-order valence-electron chi connectivity index (χ2n) is 12.0. The lowest BCUT2D eigenvalue weighted by Crippen LogP contribution is -2.56. The smallest absolute Gasteiger partial charge is 0.408 e. The van der Waals surface area contributed by atoms with Gasteiger partial charge in [0.05, 0.1) is 12.0 Å². The Morgan fingerprint density at radius 2 is 1.55 bits per heavy atom. The fourth-order valence-corrected chi connectivity index (χ4v) is 8.27. The van der Waals surface area contributed by atoms with Crippen LogP contribution < -0.4 is 10.6 Å². The Hall–Kier alpha value is -4.51. The quantitative estimate of drug-likeness (QED) is 0.147. The number of esters is 1. The highest BCUT2D eigenvalue weighted by molar-refractivity contribution is 8.00. The molecule has 2 saturated heterocycles. The minimum atomic E-state index is -1.25. The van der Waals surface area contributed by atoms with Crippen molar-refractivity contribution in [2.45, 2.75) is 62.1 Å². The van der Waals surface area contributed by atoms with Gasteiger partial charge in [0, 0.05) is 24.6 Å². The molecule has 2 heterocycles. The molecule has 1 aliphatic carbocycles. The van der Waals surface area contributed by atoms with E-state index in [9.17, 15) is 19.2 Å². The molecule has 2 aliphatic heterocycles. The van der Waals surface area contributed by atoms with Crippen LogP contribution in [0.15, 0.2) is 78.9 Å². The highest BCUT2D eigenvalue weighted by atomic mass is 32.2. The lowest BCUT2D eigenvalue weighted by molar-refractivity contribution is -0.153. The van der Waals surface area contributed by atoms with Crippen LogP contribution in [-0.4, -0.2) is 71.4 Å². The van der Waals surface area contributed by atoms with Gasteiger partial charge in [-0.2, -0.15) is 0 Å². The SMILES string of the molecule is CCOC(=O)C1CSC2CC(CCCCNC(=O)OCc3ccccc3)(NC(=O)OCC3c4ccccc4-c4ccccc43)C(=O)N21. The predicted octanol–water partition coefficient (Wildman–Crippen LogP) is 5.60. The topological polar surface area (TPSA) is 123 Å². The summed E-state index contributed by atoms with van der Waals surface area (Å²) in [7, 11) is 0. The van der Waals surface area contributed by atoms with Gasteiger partial charge in [-0.1, -0.05) is 78.9 Å². The van der Waals surface area contributed by atoms with Crippen LogP contribution in [-0.2, 0) is 30.4 Å². The Bertz CT molecular complexity index is 1570. The Morgan fingerprint density at radius 1 is 0.872 bits per heavy atom. The molecule has 3 aliphatic rings. The number of benzene rings is 3. The van der Waals surface area contributed by atoms with Crippen LogP contribution in [0.3, 0.4) is 0 Å². The maximum atomic E-state index is 14.1. The number of hydrogen-bond acceptors (Lipinski definition) is 8. The molecule has 3 aromatic carbocycles. The lowest BCUT2D eigenvalue weighted by atomic mass is 9.90. The zero-order valence-corrected chi connectivity index (χ0v) is 27.1. The number of carbonyl (C=O) groups excluding carboxylic acids is 4. The first kappa shape index (κ1) is 32.4. The Balaban J connectivity index is 1.09. The van der Waals surface area contributed by atoms with Gasteiger partial charge < -0.3 is 29.7 Å². The van der Waals surface area contributed by atoms with Gasteiger partial charge in [-0.05, 0) is 54.0 Å². The molecule has 3 aromatic rings. The van der Waals surface area contributed by atoms with E-state index in [1.54, 1.807) is 11.8 Å². The number of thioether (sulfide) groups is 1. The minimum absolute atomic E-state index is 0.118. The summed E-state index contributed by atoms with van der Waals surface area (Å²) in [5, 5.41) is 5.43. The number of unbranched alkanes of at least 4 members (excludes halogenated alkanes) is 1. The molecule has 3 unspecified atom stereocenters. The van der Waals surface area contributed by atoms with Crippen molar-refractivity contribution in [3.8, 4) is 11.1 Å². The Labute approximate surface area is 278 Å². The van der Waals surface area contributed by atoms with Gasteiger partial charge in [-0.3, -0.25) is 4.79 Å². The third kappa shape index (κ3) is 6.95. The summed E-state index contributed by atoms with van der Waals surface area (Å²) in [4.78, 5) is 54.1. The van der Waals surface area contributed by atoms with Crippen LogP contribution in [0.1, 0.15) is 55.2 Å². The maximum Gasteiger partial charge on any atom is 0.408 e. The average Bonchev–Trinajstić information content (AvgIpc) is 3.73. The van der Waals surface area contributed by atoms with Crippen LogP contribution in [0.25, 0.3) is 11.1 Å². The van der Waals surface area contributed by atoms with Gasteiger partial charge >= 0.3 is 18.2 Å². The first-order valence-electron chi connectivity index (χ1n) is 16.1. The van der Waals surface area contributed by atoms with Crippen molar-refractivity contribution >= 4 is 35.8 Å². The molecule has 0 radical (unpaired) electrons. The van der Waals surface area contributed by atoms with E-state index in [0.717, 1.165) is 27.8 Å². The van der Waals surface area contributed by atoms with E-state index in [-0.39, 0.29) is 37.0 Å². The van der Waals surface area contributed by atoms with Crippen molar-refractivity contribution < 1.29 is 33.4 Å². The molecule has 3 amide bonds.